The Hall–Kier alpha value is -2.05. The van der Waals surface area contributed by atoms with Crippen molar-refractivity contribution in [1.82, 2.24) is 15.1 Å². The van der Waals surface area contributed by atoms with Crippen LogP contribution in [0.4, 0.5) is 0 Å². The van der Waals surface area contributed by atoms with Crippen LogP contribution in [0.25, 0.3) is 0 Å². The molecule has 6 nitrogen and oxygen atoms in total. The van der Waals surface area contributed by atoms with Crippen LogP contribution in [0.5, 0.6) is 5.75 Å². The lowest BCUT2D eigenvalue weighted by Gasteiger charge is -2.32. The highest BCUT2D eigenvalue weighted by molar-refractivity contribution is 6.30. The number of carbonyl (C=O) groups excluding carboxylic acids is 1. The van der Waals surface area contributed by atoms with E-state index < -0.39 is 0 Å². The smallest absolute Gasteiger partial charge is 0.222 e. The van der Waals surface area contributed by atoms with Crippen molar-refractivity contribution in [3.8, 4) is 5.75 Å². The molecule has 1 aliphatic heterocycles. The van der Waals surface area contributed by atoms with Crippen molar-refractivity contribution in [1.29, 1.82) is 0 Å². The van der Waals surface area contributed by atoms with E-state index in [9.17, 15) is 4.79 Å². The maximum absolute atomic E-state index is 11.9. The maximum Gasteiger partial charge on any atom is 0.222 e. The number of hydrogen-bond donors (Lipinski definition) is 1. The first-order chi connectivity index (χ1) is 12.2. The average molecular weight is 364 g/mol. The van der Waals surface area contributed by atoms with Crippen LogP contribution in [0.1, 0.15) is 30.8 Å². The predicted octanol–water partition coefficient (Wildman–Crippen LogP) is 2.99. The minimum atomic E-state index is -0.178. The van der Waals surface area contributed by atoms with Gasteiger partial charge in [0.05, 0.1) is 25.5 Å². The summed E-state index contributed by atoms with van der Waals surface area (Å²) in [6.07, 6.45) is 1.03. The fraction of sp³-hybridized carbons (Fsp3) is 0.444. The monoisotopic (exact) mass is 363 g/mol. The number of H-pyrrole nitrogens is 1. The van der Waals surface area contributed by atoms with Gasteiger partial charge in [-0.25, -0.2) is 0 Å². The Balaban J connectivity index is 1.52. The van der Waals surface area contributed by atoms with Gasteiger partial charge in [0.25, 0.3) is 0 Å². The first kappa shape index (κ1) is 17.8. The summed E-state index contributed by atoms with van der Waals surface area (Å²) in [6.45, 7) is 4.13. The van der Waals surface area contributed by atoms with E-state index in [-0.39, 0.29) is 12.0 Å². The maximum atomic E-state index is 11.9. The molecule has 0 aliphatic carbocycles. The lowest BCUT2D eigenvalue weighted by molar-refractivity contribution is -0.138. The van der Waals surface area contributed by atoms with Crippen molar-refractivity contribution in [2.24, 2.45) is 0 Å². The van der Waals surface area contributed by atoms with E-state index in [2.05, 4.69) is 10.2 Å². The van der Waals surface area contributed by atoms with Crippen LogP contribution in [0.2, 0.25) is 5.02 Å². The Labute approximate surface area is 152 Å². The number of hydrogen-bond acceptors (Lipinski definition) is 4. The van der Waals surface area contributed by atoms with E-state index in [1.54, 1.807) is 6.07 Å². The molecule has 1 saturated heterocycles. The molecule has 0 saturated carbocycles. The Kier molecular flexibility index (Phi) is 5.94. The molecule has 1 aromatic carbocycles. The molecule has 3 rings (SSSR count). The first-order valence-electron chi connectivity index (χ1n) is 8.47. The van der Waals surface area contributed by atoms with Crippen LogP contribution >= 0.6 is 11.6 Å². The highest BCUT2D eigenvalue weighted by Crippen LogP contribution is 2.22. The molecule has 0 unspecified atom stereocenters. The largest absolute Gasteiger partial charge is 0.493 e. The van der Waals surface area contributed by atoms with Crippen molar-refractivity contribution >= 4 is 17.5 Å². The fourth-order valence-electron chi connectivity index (χ4n) is 2.79. The van der Waals surface area contributed by atoms with Gasteiger partial charge in [0.2, 0.25) is 5.91 Å². The van der Waals surface area contributed by atoms with Crippen LogP contribution in [0, 0.1) is 0 Å². The summed E-state index contributed by atoms with van der Waals surface area (Å²) in [5.41, 5.74) is 1.80. The number of aromatic nitrogens is 2. The van der Waals surface area contributed by atoms with Crippen LogP contribution in [0.15, 0.2) is 30.3 Å². The van der Waals surface area contributed by atoms with Crippen molar-refractivity contribution < 1.29 is 14.3 Å². The molecule has 0 radical (unpaired) electrons. The third-order valence-electron chi connectivity index (χ3n) is 4.14. The molecule has 1 aromatic heterocycles. The number of carbonyl (C=O) groups is 1. The van der Waals surface area contributed by atoms with Gasteiger partial charge in [-0.15, -0.1) is 0 Å². The summed E-state index contributed by atoms with van der Waals surface area (Å²) >= 11 is 5.94. The standard InChI is InChI=1S/C18H22ClN3O3/c1-2-18(23)22-7-9-25-17(12-22)16-11-14(20-21-16)6-8-24-15-5-3-4-13(19)10-15/h3-5,10-11,17H,2,6-9,12H2,1H3,(H,20,21)/t17-/m0/s1. The van der Waals surface area contributed by atoms with Gasteiger partial charge >= 0.3 is 0 Å². The molecule has 0 bridgehead atoms. The van der Waals surface area contributed by atoms with E-state index in [0.29, 0.717) is 44.2 Å². The Morgan fingerprint density at radius 3 is 3.16 bits per heavy atom. The average Bonchev–Trinajstić information content (AvgIpc) is 3.10. The van der Waals surface area contributed by atoms with Gasteiger partial charge in [-0.3, -0.25) is 9.89 Å². The summed E-state index contributed by atoms with van der Waals surface area (Å²) in [5.74, 6) is 0.899. The van der Waals surface area contributed by atoms with Gasteiger partial charge in [-0.2, -0.15) is 5.10 Å². The second-order valence-electron chi connectivity index (χ2n) is 5.93. The summed E-state index contributed by atoms with van der Waals surface area (Å²) in [5, 5.41) is 8.01. The summed E-state index contributed by atoms with van der Waals surface area (Å²) < 4.78 is 11.5. The van der Waals surface area contributed by atoms with E-state index in [1.807, 2.05) is 36.1 Å². The molecule has 25 heavy (non-hydrogen) atoms. The zero-order valence-corrected chi connectivity index (χ0v) is 15.0. The molecule has 1 fully saturated rings. The van der Waals surface area contributed by atoms with Crippen LogP contribution < -0.4 is 4.74 Å². The first-order valence-corrected chi connectivity index (χ1v) is 8.85. The zero-order chi connectivity index (χ0) is 17.6. The number of aromatic amines is 1. The van der Waals surface area contributed by atoms with E-state index >= 15 is 0 Å². The Morgan fingerprint density at radius 1 is 1.48 bits per heavy atom. The van der Waals surface area contributed by atoms with Gasteiger partial charge in [-0.1, -0.05) is 24.6 Å². The number of rotatable bonds is 6. The van der Waals surface area contributed by atoms with Crippen LogP contribution in [-0.2, 0) is 16.0 Å². The fourth-order valence-corrected chi connectivity index (χ4v) is 2.97. The molecule has 1 amide bonds. The van der Waals surface area contributed by atoms with Gasteiger partial charge in [0.1, 0.15) is 11.9 Å². The number of halogens is 1. The summed E-state index contributed by atoms with van der Waals surface area (Å²) in [4.78, 5) is 13.7. The molecule has 7 heteroatoms. The molecular formula is C18H22ClN3O3. The molecule has 2 heterocycles. The molecule has 1 N–H and O–H groups in total. The van der Waals surface area contributed by atoms with Crippen LogP contribution in [-0.4, -0.2) is 47.3 Å². The van der Waals surface area contributed by atoms with E-state index in [1.165, 1.54) is 0 Å². The molecule has 134 valence electrons. The number of nitrogens with zero attached hydrogens (tertiary/aromatic N) is 2. The third-order valence-corrected chi connectivity index (χ3v) is 4.37. The number of nitrogens with one attached hydrogen (secondary N) is 1. The van der Waals surface area contributed by atoms with Crippen molar-refractivity contribution in [2.75, 3.05) is 26.3 Å². The third kappa shape index (κ3) is 4.74. The van der Waals surface area contributed by atoms with E-state index in [0.717, 1.165) is 17.1 Å². The number of ether oxygens (including phenoxy) is 2. The quantitative estimate of drug-likeness (QED) is 0.856. The molecule has 1 atom stereocenters. The highest BCUT2D eigenvalue weighted by Gasteiger charge is 2.26. The van der Waals surface area contributed by atoms with Gasteiger partial charge in [-0.05, 0) is 24.3 Å². The number of benzene rings is 1. The SMILES string of the molecule is CCC(=O)N1CCO[C@H](c2cc(CCOc3cccc(Cl)c3)[nH]n2)C1. The Morgan fingerprint density at radius 2 is 2.36 bits per heavy atom. The predicted molar refractivity (Wildman–Crippen MR) is 94.8 cm³/mol. The van der Waals surface area contributed by atoms with Crippen molar-refractivity contribution in [3.05, 3.63) is 46.7 Å². The lowest BCUT2D eigenvalue weighted by Crippen LogP contribution is -2.42. The highest BCUT2D eigenvalue weighted by atomic mass is 35.5. The number of morpholine rings is 1. The second kappa shape index (κ2) is 8.36. The van der Waals surface area contributed by atoms with Crippen LogP contribution in [0.3, 0.4) is 0 Å². The minimum Gasteiger partial charge on any atom is -0.493 e. The molecule has 2 aromatic rings. The lowest BCUT2D eigenvalue weighted by atomic mass is 10.1. The second-order valence-corrected chi connectivity index (χ2v) is 6.36. The zero-order valence-electron chi connectivity index (χ0n) is 14.2. The topological polar surface area (TPSA) is 67.5 Å². The van der Waals surface area contributed by atoms with Gasteiger partial charge in [0, 0.05) is 30.1 Å². The molecule has 0 spiro atoms. The molecular weight excluding hydrogens is 342 g/mol. The van der Waals surface area contributed by atoms with E-state index in [4.69, 9.17) is 21.1 Å². The summed E-state index contributed by atoms with van der Waals surface area (Å²) in [7, 11) is 0. The Bertz CT molecular complexity index is 719. The van der Waals surface area contributed by atoms with Crippen molar-refractivity contribution in [3.63, 3.8) is 0 Å². The van der Waals surface area contributed by atoms with Gasteiger partial charge in [0.15, 0.2) is 0 Å². The minimum absolute atomic E-state index is 0.152. The van der Waals surface area contributed by atoms with Crippen molar-refractivity contribution in [2.45, 2.75) is 25.9 Å². The molecule has 1 aliphatic rings. The summed E-state index contributed by atoms with van der Waals surface area (Å²) in [6, 6.07) is 9.31. The normalized spacial score (nSPS) is 17.5. The van der Waals surface area contributed by atoms with Gasteiger partial charge < -0.3 is 14.4 Å². The number of amides is 1.